The Morgan fingerprint density at radius 1 is 1.14 bits per heavy atom. The van der Waals surface area contributed by atoms with Crippen LogP contribution in [0.15, 0.2) is 53.0 Å². The van der Waals surface area contributed by atoms with E-state index in [4.69, 9.17) is 0 Å². The zero-order chi connectivity index (χ0) is 15.9. The Morgan fingerprint density at radius 3 is 2.50 bits per heavy atom. The molecule has 0 saturated carbocycles. The fourth-order valence-corrected chi connectivity index (χ4v) is 2.53. The summed E-state index contributed by atoms with van der Waals surface area (Å²) in [6.07, 6.45) is 0.852. The molecule has 0 fully saturated rings. The maximum absolute atomic E-state index is 12.1. The Kier molecular flexibility index (Phi) is 6.01. The van der Waals surface area contributed by atoms with Gasteiger partial charge < -0.3 is 10.2 Å². The third-order valence-electron chi connectivity index (χ3n) is 3.61. The number of halogens is 1. The molecule has 0 aliphatic heterocycles. The van der Waals surface area contributed by atoms with Gasteiger partial charge in [0, 0.05) is 24.6 Å². The summed E-state index contributed by atoms with van der Waals surface area (Å²) in [5, 5.41) is 2.97. The van der Waals surface area contributed by atoms with Crippen molar-refractivity contribution in [2.45, 2.75) is 19.9 Å². The molecule has 0 aliphatic carbocycles. The van der Waals surface area contributed by atoms with Crippen molar-refractivity contribution in [2.24, 2.45) is 0 Å². The quantitative estimate of drug-likeness (QED) is 0.853. The first kappa shape index (κ1) is 16.6. The molecule has 0 saturated heterocycles. The lowest BCUT2D eigenvalue weighted by Crippen LogP contribution is -2.37. The summed E-state index contributed by atoms with van der Waals surface area (Å²) in [5.74, 6) is 0. The van der Waals surface area contributed by atoms with Crippen LogP contribution in [0.4, 0.5) is 4.79 Å². The molecule has 2 aromatic rings. The van der Waals surface area contributed by atoms with E-state index in [9.17, 15) is 4.79 Å². The van der Waals surface area contributed by atoms with E-state index in [1.165, 1.54) is 11.1 Å². The smallest absolute Gasteiger partial charge is 0.317 e. The predicted octanol–water partition coefficient (Wildman–Crippen LogP) is 4.14. The minimum atomic E-state index is -0.0449. The van der Waals surface area contributed by atoms with Crippen molar-refractivity contribution < 1.29 is 4.79 Å². The second-order valence-corrected chi connectivity index (χ2v) is 6.31. The van der Waals surface area contributed by atoms with Gasteiger partial charge >= 0.3 is 6.03 Å². The van der Waals surface area contributed by atoms with Gasteiger partial charge in [0.1, 0.15) is 0 Å². The lowest BCUT2D eigenvalue weighted by atomic mass is 10.1. The highest BCUT2D eigenvalue weighted by molar-refractivity contribution is 9.10. The van der Waals surface area contributed by atoms with Crippen LogP contribution in [0, 0.1) is 6.92 Å². The minimum absolute atomic E-state index is 0.0449. The van der Waals surface area contributed by atoms with Gasteiger partial charge in [-0.25, -0.2) is 4.79 Å². The van der Waals surface area contributed by atoms with Crippen molar-refractivity contribution in [2.75, 3.05) is 13.6 Å². The highest BCUT2D eigenvalue weighted by atomic mass is 79.9. The first-order chi connectivity index (χ1) is 10.6. The maximum Gasteiger partial charge on any atom is 0.317 e. The number of hydrogen-bond donors (Lipinski definition) is 1. The molecule has 0 radical (unpaired) electrons. The van der Waals surface area contributed by atoms with Gasteiger partial charge in [0.2, 0.25) is 0 Å². The Hall–Kier alpha value is -1.81. The van der Waals surface area contributed by atoms with E-state index >= 15 is 0 Å². The normalized spacial score (nSPS) is 10.3. The van der Waals surface area contributed by atoms with Crippen molar-refractivity contribution in [3.05, 3.63) is 69.7 Å². The number of rotatable bonds is 5. The number of aryl methyl sites for hydroxylation is 1. The topological polar surface area (TPSA) is 32.3 Å². The molecule has 0 atom stereocenters. The van der Waals surface area contributed by atoms with Crippen LogP contribution in [0.3, 0.4) is 0 Å². The highest BCUT2D eigenvalue weighted by Crippen LogP contribution is 2.12. The number of hydrogen-bond acceptors (Lipinski definition) is 1. The number of carbonyl (C=O) groups excluding carboxylic acids is 1. The molecule has 0 unspecified atom stereocenters. The lowest BCUT2D eigenvalue weighted by molar-refractivity contribution is 0.207. The first-order valence-corrected chi connectivity index (χ1v) is 8.13. The van der Waals surface area contributed by atoms with E-state index in [0.29, 0.717) is 13.1 Å². The SMILES string of the molecule is Cc1ccccc1CCNC(=O)N(C)Cc1ccc(Br)cc1. The summed E-state index contributed by atoms with van der Waals surface area (Å²) < 4.78 is 1.04. The van der Waals surface area contributed by atoms with Crippen LogP contribution in [-0.4, -0.2) is 24.5 Å². The molecule has 0 aromatic heterocycles. The fraction of sp³-hybridized carbons (Fsp3) is 0.278. The molecule has 2 aromatic carbocycles. The van der Waals surface area contributed by atoms with E-state index in [-0.39, 0.29) is 6.03 Å². The van der Waals surface area contributed by atoms with Gasteiger partial charge in [-0.15, -0.1) is 0 Å². The van der Waals surface area contributed by atoms with Crippen LogP contribution in [0.2, 0.25) is 0 Å². The molecular weight excluding hydrogens is 340 g/mol. The van der Waals surface area contributed by atoms with Crippen LogP contribution in [-0.2, 0) is 13.0 Å². The molecule has 4 heteroatoms. The highest BCUT2D eigenvalue weighted by Gasteiger charge is 2.08. The monoisotopic (exact) mass is 360 g/mol. The van der Waals surface area contributed by atoms with Crippen LogP contribution >= 0.6 is 15.9 Å². The average Bonchev–Trinajstić information content (AvgIpc) is 2.51. The van der Waals surface area contributed by atoms with Crippen LogP contribution < -0.4 is 5.32 Å². The van der Waals surface area contributed by atoms with Gasteiger partial charge in [-0.1, -0.05) is 52.3 Å². The number of nitrogens with zero attached hydrogens (tertiary/aromatic N) is 1. The fourth-order valence-electron chi connectivity index (χ4n) is 2.27. The second-order valence-electron chi connectivity index (χ2n) is 5.39. The van der Waals surface area contributed by atoms with Crippen molar-refractivity contribution >= 4 is 22.0 Å². The van der Waals surface area contributed by atoms with Crippen molar-refractivity contribution in [1.82, 2.24) is 10.2 Å². The lowest BCUT2D eigenvalue weighted by Gasteiger charge is -2.18. The minimum Gasteiger partial charge on any atom is -0.338 e. The number of nitrogens with one attached hydrogen (secondary N) is 1. The summed E-state index contributed by atoms with van der Waals surface area (Å²) in [6.45, 7) is 3.34. The summed E-state index contributed by atoms with van der Waals surface area (Å²) in [5.41, 5.74) is 3.65. The molecule has 0 heterocycles. The summed E-state index contributed by atoms with van der Waals surface area (Å²) in [4.78, 5) is 13.8. The van der Waals surface area contributed by atoms with E-state index in [0.717, 1.165) is 16.5 Å². The summed E-state index contributed by atoms with van der Waals surface area (Å²) in [6, 6.07) is 16.2. The second kappa shape index (κ2) is 7.99. The number of benzene rings is 2. The zero-order valence-electron chi connectivity index (χ0n) is 13.0. The number of carbonyl (C=O) groups is 1. The predicted molar refractivity (Wildman–Crippen MR) is 93.9 cm³/mol. The largest absolute Gasteiger partial charge is 0.338 e. The van der Waals surface area contributed by atoms with E-state index in [2.05, 4.69) is 40.3 Å². The van der Waals surface area contributed by atoms with Gasteiger partial charge in [-0.05, 0) is 42.2 Å². The molecule has 22 heavy (non-hydrogen) atoms. The molecular formula is C18H21BrN2O. The number of amides is 2. The molecule has 0 aliphatic rings. The van der Waals surface area contributed by atoms with Gasteiger partial charge in [0.15, 0.2) is 0 Å². The molecule has 0 bridgehead atoms. The molecule has 2 amide bonds. The molecule has 116 valence electrons. The van der Waals surface area contributed by atoms with Gasteiger partial charge in [0.25, 0.3) is 0 Å². The molecule has 0 spiro atoms. The van der Waals surface area contributed by atoms with E-state index < -0.39 is 0 Å². The third-order valence-corrected chi connectivity index (χ3v) is 4.14. The Bertz CT molecular complexity index is 625. The Balaban J connectivity index is 1.79. The molecule has 2 rings (SSSR count). The van der Waals surface area contributed by atoms with Gasteiger partial charge in [-0.2, -0.15) is 0 Å². The summed E-state index contributed by atoms with van der Waals surface area (Å²) in [7, 11) is 1.81. The molecule has 3 nitrogen and oxygen atoms in total. The average molecular weight is 361 g/mol. The van der Waals surface area contributed by atoms with Crippen LogP contribution in [0.5, 0.6) is 0 Å². The first-order valence-electron chi connectivity index (χ1n) is 7.34. The van der Waals surface area contributed by atoms with Crippen LogP contribution in [0.25, 0.3) is 0 Å². The Morgan fingerprint density at radius 2 is 1.82 bits per heavy atom. The van der Waals surface area contributed by atoms with E-state index in [1.807, 2.05) is 43.4 Å². The zero-order valence-corrected chi connectivity index (χ0v) is 14.6. The third kappa shape index (κ3) is 4.88. The van der Waals surface area contributed by atoms with Crippen molar-refractivity contribution in [1.29, 1.82) is 0 Å². The van der Waals surface area contributed by atoms with Crippen LogP contribution in [0.1, 0.15) is 16.7 Å². The maximum atomic E-state index is 12.1. The number of urea groups is 1. The van der Waals surface area contributed by atoms with Gasteiger partial charge in [-0.3, -0.25) is 0 Å². The van der Waals surface area contributed by atoms with Crippen molar-refractivity contribution in [3.8, 4) is 0 Å². The summed E-state index contributed by atoms with van der Waals surface area (Å²) >= 11 is 3.41. The standard InChI is InChI=1S/C18H21BrN2O/c1-14-5-3-4-6-16(14)11-12-20-18(22)21(2)13-15-7-9-17(19)10-8-15/h3-10H,11-13H2,1-2H3,(H,20,22). The van der Waals surface area contributed by atoms with E-state index in [1.54, 1.807) is 4.90 Å². The Labute approximate surface area is 140 Å². The molecule has 1 N–H and O–H groups in total. The van der Waals surface area contributed by atoms with Gasteiger partial charge in [0.05, 0.1) is 0 Å². The van der Waals surface area contributed by atoms with Crippen molar-refractivity contribution in [3.63, 3.8) is 0 Å².